The second-order valence-corrected chi connectivity index (χ2v) is 11.3. The number of imide groups is 1. The van der Waals surface area contributed by atoms with Gasteiger partial charge in [-0.25, -0.2) is 19.4 Å². The molecular weight excluding hydrogens is 656 g/mol. The van der Waals surface area contributed by atoms with E-state index in [4.69, 9.17) is 20.1 Å². The number of carbonyl (C=O) groups is 8. The number of nitrogen functional groups attached to an aromatic ring is 1. The Morgan fingerprint density at radius 2 is 1.70 bits per heavy atom. The number of thiazole rings is 1. The van der Waals surface area contributed by atoms with Crippen LogP contribution in [0.4, 0.5) is 5.13 Å². The number of esters is 1. The zero-order valence-electron chi connectivity index (χ0n) is 23.6. The molecule has 246 valence electrons. The van der Waals surface area contributed by atoms with E-state index in [1.54, 1.807) is 0 Å². The minimum atomic E-state index is -3.59. The Morgan fingerprint density at radius 3 is 2.21 bits per heavy atom. The molecule has 0 spiro atoms. The molecule has 0 radical (unpaired) electrons. The number of hydrogen-bond donors (Lipinski definition) is 6. The molecule has 22 heteroatoms. The maximum Gasteiger partial charge on any atom is 0.381 e. The number of nitrogens with zero attached hydrogens (tertiary/aromatic N) is 4. The van der Waals surface area contributed by atoms with Gasteiger partial charge in [0, 0.05) is 5.38 Å². The zero-order valence-corrected chi connectivity index (χ0v) is 24.5. The molecule has 1 aromatic heterocycles. The quantitative estimate of drug-likeness (QED) is 0.0401. The number of Topliss-reactive ketones (excluding diaryl/α,β-unsaturated/α-hetero) is 1. The molecule has 3 aliphatic heterocycles. The fourth-order valence-electron chi connectivity index (χ4n) is 4.46. The summed E-state index contributed by atoms with van der Waals surface area (Å²) in [6, 6.07) is -2.98. The number of aromatic nitrogens is 1. The topological polar surface area (TPSA) is 315 Å². The van der Waals surface area contributed by atoms with Crippen LogP contribution in [0, 0.1) is 0 Å². The molecule has 4 amide bonds. The highest BCUT2D eigenvalue weighted by atomic mass is 32.1. The highest BCUT2D eigenvalue weighted by Gasteiger charge is 2.71. The van der Waals surface area contributed by atoms with Gasteiger partial charge in [0.15, 0.2) is 22.3 Å². The van der Waals surface area contributed by atoms with Gasteiger partial charge in [-0.2, -0.15) is 5.06 Å². The number of carboxylic acid groups (broad SMARTS) is 2. The largest absolute Gasteiger partial charge is 0.504 e. The second kappa shape index (κ2) is 11.0. The first-order chi connectivity index (χ1) is 21.9. The number of phenolic OH excluding ortho intramolecular Hbond substituents is 2. The van der Waals surface area contributed by atoms with E-state index in [0.29, 0.717) is 12.1 Å². The molecule has 0 saturated carbocycles. The third-order valence-corrected chi connectivity index (χ3v) is 7.61. The number of carbonyl (C=O) groups excluding carboxylic acids is 6. The number of fused-ring (bicyclic) bond motifs is 1. The number of oxime groups is 1. The number of hydroxylamine groups is 2. The monoisotopic (exact) mass is 676 g/mol. The highest BCUT2D eigenvalue weighted by molar-refractivity contribution is 7.13. The van der Waals surface area contributed by atoms with E-state index < -0.39 is 106 Å². The number of cyclic esters (lactones) is 1. The fourth-order valence-corrected chi connectivity index (χ4v) is 5.01. The second-order valence-electron chi connectivity index (χ2n) is 10.4. The minimum Gasteiger partial charge on any atom is -0.504 e. The van der Waals surface area contributed by atoms with E-state index in [1.165, 1.54) is 5.38 Å². The summed E-state index contributed by atoms with van der Waals surface area (Å²) in [6.07, 6.45) is 0. The van der Waals surface area contributed by atoms with Crippen LogP contribution in [0.25, 0.3) is 0 Å². The molecule has 21 nitrogen and oxygen atoms in total. The van der Waals surface area contributed by atoms with Crippen LogP contribution >= 0.6 is 11.3 Å². The zero-order chi connectivity index (χ0) is 34.7. The van der Waals surface area contributed by atoms with Gasteiger partial charge in [0.25, 0.3) is 23.6 Å². The lowest BCUT2D eigenvalue weighted by Gasteiger charge is -2.29. The molecule has 5 rings (SSSR count). The number of nitrogens with two attached hydrogens (primary N) is 1. The van der Waals surface area contributed by atoms with Gasteiger partial charge in [-0.3, -0.25) is 33.7 Å². The molecule has 4 heterocycles. The smallest absolute Gasteiger partial charge is 0.381 e. The first kappa shape index (κ1) is 32.2. The summed E-state index contributed by atoms with van der Waals surface area (Å²) < 4.78 is 4.83. The SMILES string of the molecule is CC(C)(O/N=C(\C(=O)N[C@H]1CON(C2(C(=O)O)OC(=O)[C@@H](N3C(=O)c4cc(O)c(O)cc4C3=O)C2=O)C1=O)c1csc(N)n1)C(=O)O. The molecule has 2 fully saturated rings. The van der Waals surface area contributed by atoms with Crippen molar-refractivity contribution in [3.05, 3.63) is 34.3 Å². The number of ketones is 1. The van der Waals surface area contributed by atoms with Gasteiger partial charge in [0.2, 0.25) is 17.4 Å². The third kappa shape index (κ3) is 5.00. The molecule has 47 heavy (non-hydrogen) atoms. The van der Waals surface area contributed by atoms with Crippen molar-refractivity contribution in [1.82, 2.24) is 20.3 Å². The van der Waals surface area contributed by atoms with Crippen molar-refractivity contribution in [1.29, 1.82) is 0 Å². The molecule has 0 bridgehead atoms. The molecule has 3 atom stereocenters. The van der Waals surface area contributed by atoms with Gasteiger partial charge in [-0.15, -0.1) is 11.3 Å². The summed E-state index contributed by atoms with van der Waals surface area (Å²) in [4.78, 5) is 117. The van der Waals surface area contributed by atoms with Crippen molar-refractivity contribution < 1.29 is 73.2 Å². The van der Waals surface area contributed by atoms with Crippen LogP contribution in [0.5, 0.6) is 11.5 Å². The van der Waals surface area contributed by atoms with Crippen LogP contribution in [0.2, 0.25) is 0 Å². The summed E-state index contributed by atoms with van der Waals surface area (Å²) in [7, 11) is 0. The van der Waals surface area contributed by atoms with Crippen molar-refractivity contribution >= 4 is 69.5 Å². The summed E-state index contributed by atoms with van der Waals surface area (Å²) in [6.45, 7) is 1.38. The number of phenols is 2. The van der Waals surface area contributed by atoms with E-state index in [2.05, 4.69) is 15.5 Å². The van der Waals surface area contributed by atoms with Gasteiger partial charge < -0.3 is 41.1 Å². The van der Waals surface area contributed by atoms with Crippen LogP contribution in [0.15, 0.2) is 22.7 Å². The number of aromatic hydroxyl groups is 2. The van der Waals surface area contributed by atoms with Crippen molar-refractivity contribution in [3.8, 4) is 11.5 Å². The van der Waals surface area contributed by atoms with Crippen LogP contribution in [0.3, 0.4) is 0 Å². The normalized spacial score (nSPS) is 22.9. The summed E-state index contributed by atoms with van der Waals surface area (Å²) >= 11 is 0.868. The summed E-state index contributed by atoms with van der Waals surface area (Å²) in [5, 5.41) is 45.6. The van der Waals surface area contributed by atoms with Gasteiger partial charge in [0.05, 0.1) is 11.1 Å². The average Bonchev–Trinajstić information content (AvgIpc) is 3.70. The van der Waals surface area contributed by atoms with Gasteiger partial charge in [0.1, 0.15) is 18.3 Å². The predicted molar refractivity (Wildman–Crippen MR) is 146 cm³/mol. The Kier molecular flexibility index (Phi) is 7.56. The van der Waals surface area contributed by atoms with Crippen molar-refractivity contribution in [3.63, 3.8) is 0 Å². The lowest BCUT2D eigenvalue weighted by Crippen LogP contribution is -2.62. The van der Waals surface area contributed by atoms with E-state index in [-0.39, 0.29) is 20.8 Å². The maximum atomic E-state index is 13.6. The number of nitrogens with one attached hydrogen (secondary N) is 1. The van der Waals surface area contributed by atoms with Crippen LogP contribution in [-0.4, -0.2) is 118 Å². The molecule has 2 saturated heterocycles. The number of benzene rings is 1. The number of amides is 4. The van der Waals surface area contributed by atoms with Crippen LogP contribution < -0.4 is 11.1 Å². The number of hydrogen-bond acceptors (Lipinski definition) is 17. The summed E-state index contributed by atoms with van der Waals surface area (Å²) in [5.41, 5.74) is -1.87. The minimum absolute atomic E-state index is 0.0318. The number of ether oxygens (including phenoxy) is 1. The Balaban J connectivity index is 1.41. The summed E-state index contributed by atoms with van der Waals surface area (Å²) in [5.74, 6) is -14.3. The maximum absolute atomic E-state index is 13.6. The molecule has 3 aliphatic rings. The number of aliphatic carboxylic acids is 2. The standard InChI is InChI=1S/C25H20N6O15S/c1-24(2,21(40)41)46-29-13(10-6-47-23(26)28-10)16(35)27-9-5-44-31(19(9)38)25(22(42)43)15(34)14(20(39)45-25)30-17(36)7-3-11(32)12(33)4-8(7)18(30)37/h3-4,6,9,14,32-33H,5H2,1-2H3,(H2,26,28)(H,27,35)(H,40,41)(H,42,43)/b29-13-/t9-,14-,25?/m0/s1. The predicted octanol–water partition coefficient (Wildman–Crippen LogP) is -2.45. The van der Waals surface area contributed by atoms with Gasteiger partial charge >= 0.3 is 23.6 Å². The van der Waals surface area contributed by atoms with Gasteiger partial charge in [-0.05, 0) is 26.0 Å². The Labute approximate surface area is 263 Å². The van der Waals surface area contributed by atoms with Crippen LogP contribution in [0.1, 0.15) is 40.3 Å². The molecule has 1 aromatic carbocycles. The molecular formula is C25H20N6O15S. The van der Waals surface area contributed by atoms with Crippen molar-refractivity contribution in [2.75, 3.05) is 12.3 Å². The first-order valence-corrected chi connectivity index (χ1v) is 13.7. The van der Waals surface area contributed by atoms with Crippen molar-refractivity contribution in [2.24, 2.45) is 5.16 Å². The molecule has 1 unspecified atom stereocenters. The van der Waals surface area contributed by atoms with E-state index in [1.807, 2.05) is 0 Å². The first-order valence-electron chi connectivity index (χ1n) is 12.9. The fraction of sp³-hybridized carbons (Fsp3) is 0.280. The number of rotatable bonds is 9. The molecule has 2 aromatic rings. The Bertz CT molecular complexity index is 1810. The van der Waals surface area contributed by atoms with E-state index >= 15 is 0 Å². The molecule has 0 aliphatic carbocycles. The molecule has 7 N–H and O–H groups in total. The Morgan fingerprint density at radius 1 is 1.11 bits per heavy atom. The highest BCUT2D eigenvalue weighted by Crippen LogP contribution is 2.39. The van der Waals surface area contributed by atoms with Gasteiger partial charge in [-0.1, -0.05) is 5.16 Å². The van der Waals surface area contributed by atoms with Crippen LogP contribution in [-0.2, 0) is 43.2 Å². The van der Waals surface area contributed by atoms with E-state index in [9.17, 15) is 58.8 Å². The third-order valence-electron chi connectivity index (χ3n) is 6.93. The lowest BCUT2D eigenvalue weighted by molar-refractivity contribution is -0.250. The van der Waals surface area contributed by atoms with E-state index in [0.717, 1.165) is 25.2 Å². The van der Waals surface area contributed by atoms with Crippen molar-refractivity contribution in [2.45, 2.75) is 37.3 Å². The number of carboxylic acids is 2. The lowest BCUT2D eigenvalue weighted by atomic mass is 10.0. The number of anilines is 1. The average molecular weight is 677 g/mol. The Hall–Kier alpha value is -6.16.